The van der Waals surface area contributed by atoms with Gasteiger partial charge < -0.3 is 4.90 Å². The van der Waals surface area contributed by atoms with Crippen LogP contribution in [-0.2, 0) is 0 Å². The van der Waals surface area contributed by atoms with Gasteiger partial charge in [-0.25, -0.2) is 4.99 Å². The Morgan fingerprint density at radius 3 is 2.83 bits per heavy atom. The predicted molar refractivity (Wildman–Crippen MR) is 80.1 cm³/mol. The lowest BCUT2D eigenvalue weighted by Crippen LogP contribution is -2.33. The molecule has 0 aromatic rings. The van der Waals surface area contributed by atoms with Crippen molar-refractivity contribution in [2.45, 2.75) is 20.3 Å². The molecule has 1 unspecified atom stereocenters. The quantitative estimate of drug-likeness (QED) is 0.338. The van der Waals surface area contributed by atoms with Gasteiger partial charge in [0.15, 0.2) is 5.29 Å². The summed E-state index contributed by atoms with van der Waals surface area (Å²) in [7, 11) is 3.77. The summed E-state index contributed by atoms with van der Waals surface area (Å²) in [5.41, 5.74) is 1.51. The first-order valence-corrected chi connectivity index (χ1v) is 6.94. The molecule has 0 spiro atoms. The van der Waals surface area contributed by atoms with Crippen LogP contribution in [0.25, 0.3) is 0 Å². The number of rotatable bonds is 4. The summed E-state index contributed by atoms with van der Waals surface area (Å²) < 4.78 is 0. The van der Waals surface area contributed by atoms with Crippen molar-refractivity contribution in [1.82, 2.24) is 9.80 Å². The molecule has 0 N–H and O–H groups in total. The maximum Gasteiger partial charge on any atom is 0.197 e. The summed E-state index contributed by atoms with van der Waals surface area (Å²) in [4.78, 5) is 8.45. The molecule has 0 radical (unpaired) electrons. The summed E-state index contributed by atoms with van der Waals surface area (Å²) in [6, 6.07) is 0. The molecule has 4 heteroatoms. The van der Waals surface area contributed by atoms with Crippen molar-refractivity contribution >= 4 is 16.9 Å². The zero-order valence-corrected chi connectivity index (χ0v) is 12.6. The van der Waals surface area contributed by atoms with Gasteiger partial charge in [-0.15, -0.1) is 0 Å². The van der Waals surface area contributed by atoms with Crippen LogP contribution in [0.2, 0.25) is 0 Å². The van der Waals surface area contributed by atoms with Crippen LogP contribution in [0, 0.1) is 5.92 Å². The highest BCUT2D eigenvalue weighted by atomic mass is 35.5. The fourth-order valence-corrected chi connectivity index (χ4v) is 2.10. The molecule has 18 heavy (non-hydrogen) atoms. The van der Waals surface area contributed by atoms with Gasteiger partial charge in [0.2, 0.25) is 0 Å². The van der Waals surface area contributed by atoms with Gasteiger partial charge in [-0.3, -0.25) is 4.90 Å². The minimum Gasteiger partial charge on any atom is -0.353 e. The van der Waals surface area contributed by atoms with Crippen molar-refractivity contribution < 1.29 is 0 Å². The molecule has 0 bridgehead atoms. The molecule has 1 atom stereocenters. The first-order chi connectivity index (χ1) is 8.58. The summed E-state index contributed by atoms with van der Waals surface area (Å²) in [5.74, 6) is 0.471. The number of hydrogen-bond donors (Lipinski definition) is 0. The van der Waals surface area contributed by atoms with Gasteiger partial charge in [0, 0.05) is 39.3 Å². The van der Waals surface area contributed by atoms with E-state index in [-0.39, 0.29) is 0 Å². The number of aliphatic imine (C=N–C) groups is 1. The second-order valence-electron chi connectivity index (χ2n) is 4.73. The maximum atomic E-state index is 5.96. The molecule has 1 heterocycles. The van der Waals surface area contributed by atoms with E-state index >= 15 is 0 Å². The second kappa shape index (κ2) is 7.59. The zero-order chi connectivity index (χ0) is 13.5. The smallest absolute Gasteiger partial charge is 0.197 e. The Labute approximate surface area is 116 Å². The summed E-state index contributed by atoms with van der Waals surface area (Å²) in [6.45, 7) is 7.67. The Morgan fingerprint density at radius 1 is 1.56 bits per heavy atom. The average Bonchev–Trinajstić information content (AvgIpc) is 2.38. The van der Waals surface area contributed by atoms with E-state index in [1.54, 1.807) is 4.90 Å². The topological polar surface area (TPSA) is 18.8 Å². The fourth-order valence-electron chi connectivity index (χ4n) is 2.04. The Balaban J connectivity index is 2.69. The average molecular weight is 270 g/mol. The highest BCUT2D eigenvalue weighted by Crippen LogP contribution is 2.22. The number of likely N-dealkylation sites (N-methyl/N-ethyl adjacent to an activating group) is 1. The Hall–Kier alpha value is -0.800. The van der Waals surface area contributed by atoms with E-state index in [0.717, 1.165) is 26.1 Å². The summed E-state index contributed by atoms with van der Waals surface area (Å²) >= 11 is 5.96. The molecule has 0 amide bonds. The monoisotopic (exact) mass is 269 g/mol. The van der Waals surface area contributed by atoms with Gasteiger partial charge in [-0.1, -0.05) is 31.6 Å². The highest BCUT2D eigenvalue weighted by molar-refractivity contribution is 6.64. The third-order valence-electron chi connectivity index (χ3n) is 3.27. The van der Waals surface area contributed by atoms with Gasteiger partial charge in [-0.2, -0.15) is 0 Å². The zero-order valence-electron chi connectivity index (χ0n) is 11.9. The minimum atomic E-state index is 0.471. The van der Waals surface area contributed by atoms with E-state index < -0.39 is 0 Å². The molecule has 0 fully saturated rings. The molecular formula is C14H24ClN3. The normalized spacial score (nSPS) is 22.4. The largest absolute Gasteiger partial charge is 0.353 e. The lowest BCUT2D eigenvalue weighted by molar-refractivity contribution is 0.281. The van der Waals surface area contributed by atoms with Crippen LogP contribution in [-0.4, -0.2) is 48.8 Å². The van der Waals surface area contributed by atoms with Crippen LogP contribution >= 0.6 is 11.6 Å². The molecule has 1 aliphatic rings. The number of halogens is 1. The lowest BCUT2D eigenvalue weighted by atomic mass is 9.93. The highest BCUT2D eigenvalue weighted by Gasteiger charge is 2.17. The van der Waals surface area contributed by atoms with E-state index in [9.17, 15) is 0 Å². The van der Waals surface area contributed by atoms with Crippen molar-refractivity contribution in [3.05, 3.63) is 23.9 Å². The van der Waals surface area contributed by atoms with E-state index in [4.69, 9.17) is 11.6 Å². The molecule has 0 aliphatic carbocycles. The Kier molecular flexibility index (Phi) is 6.44. The van der Waals surface area contributed by atoms with Crippen molar-refractivity contribution in [2.24, 2.45) is 10.9 Å². The van der Waals surface area contributed by atoms with E-state index in [0.29, 0.717) is 11.2 Å². The predicted octanol–water partition coefficient (Wildman–Crippen LogP) is 2.94. The minimum absolute atomic E-state index is 0.471. The first-order valence-electron chi connectivity index (χ1n) is 6.57. The summed E-state index contributed by atoms with van der Waals surface area (Å²) in [5, 5.41) is 0.511. The van der Waals surface area contributed by atoms with Crippen LogP contribution in [0.15, 0.2) is 28.9 Å². The summed E-state index contributed by atoms with van der Waals surface area (Å²) in [6.07, 6.45) is 7.44. The molecule has 0 aromatic carbocycles. The molecule has 102 valence electrons. The standard InChI is InChI=1S/C14H24ClN3/c1-5-12-8-10-18(6-2)11-13(12)7-9-16-14(15)17(3)4/h7-9,13H,5-6,10-11H2,1-4H3/b9-7?,16-14-. The number of nitrogens with zero attached hydrogens (tertiary/aromatic N) is 3. The van der Waals surface area contributed by atoms with Crippen LogP contribution in [0.1, 0.15) is 20.3 Å². The molecule has 0 saturated carbocycles. The lowest BCUT2D eigenvalue weighted by Gasteiger charge is -2.30. The van der Waals surface area contributed by atoms with Gasteiger partial charge in [0.05, 0.1) is 0 Å². The van der Waals surface area contributed by atoms with Crippen LogP contribution in [0.5, 0.6) is 0 Å². The van der Waals surface area contributed by atoms with Gasteiger partial charge >= 0.3 is 0 Å². The van der Waals surface area contributed by atoms with Crippen LogP contribution in [0.3, 0.4) is 0 Å². The molecule has 0 saturated heterocycles. The Bertz CT molecular complexity index is 345. The Morgan fingerprint density at radius 2 is 2.28 bits per heavy atom. The molecule has 0 aromatic heterocycles. The molecule has 1 rings (SSSR count). The first kappa shape index (κ1) is 15.3. The van der Waals surface area contributed by atoms with E-state index in [1.807, 2.05) is 20.3 Å². The third-order valence-corrected chi connectivity index (χ3v) is 3.70. The molecule has 1 aliphatic heterocycles. The molecule has 3 nitrogen and oxygen atoms in total. The molecular weight excluding hydrogens is 246 g/mol. The third kappa shape index (κ3) is 4.46. The van der Waals surface area contributed by atoms with Crippen LogP contribution < -0.4 is 0 Å². The van der Waals surface area contributed by atoms with Gasteiger partial charge in [-0.05, 0) is 24.6 Å². The van der Waals surface area contributed by atoms with Crippen molar-refractivity contribution in [3.63, 3.8) is 0 Å². The van der Waals surface area contributed by atoms with Crippen molar-refractivity contribution in [1.29, 1.82) is 0 Å². The van der Waals surface area contributed by atoms with Crippen molar-refractivity contribution in [2.75, 3.05) is 33.7 Å². The second-order valence-corrected chi connectivity index (χ2v) is 5.06. The van der Waals surface area contributed by atoms with Crippen LogP contribution in [0.4, 0.5) is 0 Å². The maximum absolute atomic E-state index is 5.96. The van der Waals surface area contributed by atoms with E-state index in [2.05, 4.69) is 35.9 Å². The van der Waals surface area contributed by atoms with Gasteiger partial charge in [0.25, 0.3) is 0 Å². The number of hydrogen-bond acceptors (Lipinski definition) is 2. The number of amidine groups is 1. The SMILES string of the molecule is CCC1=CCN(CC)CC1C=C/N=C(/Cl)N(C)C. The van der Waals surface area contributed by atoms with Crippen molar-refractivity contribution in [3.8, 4) is 0 Å². The fraction of sp³-hybridized carbons (Fsp3) is 0.643. The van der Waals surface area contributed by atoms with Gasteiger partial charge in [0.1, 0.15) is 0 Å². The van der Waals surface area contributed by atoms with E-state index in [1.165, 1.54) is 5.57 Å².